The lowest BCUT2D eigenvalue weighted by Gasteiger charge is -2.02. The molecule has 0 aliphatic carbocycles. The average molecular weight is 222 g/mol. The minimum Gasteiger partial charge on any atom is -0.289 e. The van der Waals surface area contributed by atoms with E-state index in [1.54, 1.807) is 13.2 Å². The second-order valence-electron chi connectivity index (χ2n) is 3.61. The van der Waals surface area contributed by atoms with E-state index in [1.165, 1.54) is 4.57 Å². The van der Waals surface area contributed by atoms with Crippen LogP contribution in [0.4, 0.5) is 0 Å². The number of aryl methyl sites for hydroxylation is 1. The highest BCUT2D eigenvalue weighted by Crippen LogP contribution is 2.12. The highest BCUT2D eigenvalue weighted by Gasteiger charge is 2.08. The fraction of sp³-hybridized carbons (Fsp3) is 0.545. The van der Waals surface area contributed by atoms with Crippen molar-refractivity contribution in [3.8, 4) is 0 Å². The van der Waals surface area contributed by atoms with E-state index in [1.807, 2.05) is 27.7 Å². The predicted octanol–water partition coefficient (Wildman–Crippen LogP) is 1.81. The van der Waals surface area contributed by atoms with Gasteiger partial charge in [-0.3, -0.25) is 9.55 Å². The summed E-state index contributed by atoms with van der Waals surface area (Å²) in [6.07, 6.45) is 1.71. The Morgan fingerprint density at radius 2 is 2.00 bits per heavy atom. The maximum absolute atomic E-state index is 11.2. The summed E-state index contributed by atoms with van der Waals surface area (Å²) in [4.78, 5) is 22.4. The van der Waals surface area contributed by atoms with Gasteiger partial charge >= 0.3 is 5.69 Å². The molecule has 0 saturated heterocycles. The van der Waals surface area contributed by atoms with E-state index in [2.05, 4.69) is 15.0 Å². The summed E-state index contributed by atoms with van der Waals surface area (Å²) in [7, 11) is 1.67. The van der Waals surface area contributed by atoms with Crippen LogP contribution in [0.1, 0.15) is 39.3 Å². The molecule has 0 aliphatic rings. The minimum absolute atomic E-state index is 0.180. The van der Waals surface area contributed by atoms with E-state index in [0.29, 0.717) is 17.2 Å². The molecule has 0 radical (unpaired) electrons. The van der Waals surface area contributed by atoms with Crippen molar-refractivity contribution in [2.45, 2.75) is 33.6 Å². The fourth-order valence-electron chi connectivity index (χ4n) is 1.29. The summed E-state index contributed by atoms with van der Waals surface area (Å²) in [5.74, 6) is 0.315. The molecule has 0 saturated carbocycles. The van der Waals surface area contributed by atoms with Crippen LogP contribution in [0.3, 0.4) is 0 Å². The van der Waals surface area contributed by atoms with Gasteiger partial charge < -0.3 is 0 Å². The molecule has 2 aromatic heterocycles. The monoisotopic (exact) mass is 222 g/mol. The van der Waals surface area contributed by atoms with Gasteiger partial charge in [0.1, 0.15) is 0 Å². The van der Waals surface area contributed by atoms with Crippen LogP contribution < -0.4 is 5.69 Å². The summed E-state index contributed by atoms with van der Waals surface area (Å²) in [6, 6.07) is 0. The number of hydrogen-bond acceptors (Lipinski definition) is 3. The van der Waals surface area contributed by atoms with Crippen molar-refractivity contribution in [1.29, 1.82) is 0 Å². The van der Waals surface area contributed by atoms with Gasteiger partial charge in [0.05, 0.1) is 11.9 Å². The van der Waals surface area contributed by atoms with Gasteiger partial charge in [0, 0.05) is 7.05 Å². The van der Waals surface area contributed by atoms with E-state index in [9.17, 15) is 4.79 Å². The number of aromatic amines is 1. The molecular weight excluding hydrogens is 204 g/mol. The van der Waals surface area contributed by atoms with Gasteiger partial charge in [-0.25, -0.2) is 14.8 Å². The zero-order valence-electron chi connectivity index (χ0n) is 10.4. The van der Waals surface area contributed by atoms with Gasteiger partial charge in [-0.2, -0.15) is 0 Å². The smallest absolute Gasteiger partial charge is 0.289 e. The van der Waals surface area contributed by atoms with Crippen molar-refractivity contribution in [2.24, 2.45) is 7.05 Å². The quantitative estimate of drug-likeness (QED) is 0.800. The summed E-state index contributed by atoms with van der Waals surface area (Å²) in [5.41, 5.74) is 1.86. The van der Waals surface area contributed by atoms with E-state index in [-0.39, 0.29) is 5.69 Å². The number of H-pyrrole nitrogens is 1. The second-order valence-corrected chi connectivity index (χ2v) is 3.61. The van der Waals surface area contributed by atoms with Gasteiger partial charge in [-0.05, 0) is 5.92 Å². The Bertz CT molecular complexity index is 524. The van der Waals surface area contributed by atoms with E-state index in [0.717, 1.165) is 5.69 Å². The third kappa shape index (κ3) is 2.13. The van der Waals surface area contributed by atoms with E-state index < -0.39 is 0 Å². The zero-order valence-corrected chi connectivity index (χ0v) is 10.4. The number of nitrogens with zero attached hydrogens (tertiary/aromatic N) is 3. The SMILES string of the molecule is CC.CC(C)c1cnc2c(n1)[nH]c(=O)n2C. The summed E-state index contributed by atoms with van der Waals surface area (Å²) >= 11 is 0. The van der Waals surface area contributed by atoms with Crippen molar-refractivity contribution in [2.75, 3.05) is 0 Å². The van der Waals surface area contributed by atoms with Crippen molar-refractivity contribution >= 4 is 11.3 Å². The molecule has 0 unspecified atom stereocenters. The molecule has 5 nitrogen and oxygen atoms in total. The third-order valence-corrected chi connectivity index (χ3v) is 2.21. The molecule has 0 aliphatic heterocycles. The van der Waals surface area contributed by atoms with Gasteiger partial charge in [-0.1, -0.05) is 27.7 Å². The maximum atomic E-state index is 11.2. The standard InChI is InChI=1S/C9H12N4O.C2H6/c1-5(2)6-4-10-8-7(11-6)12-9(14)13(8)3;1-2/h4-5H,1-3H3,(H,11,12,14);1-2H3. The number of rotatable bonds is 1. The van der Waals surface area contributed by atoms with Gasteiger partial charge in [0.15, 0.2) is 11.3 Å². The normalized spacial score (nSPS) is 10.4. The average Bonchev–Trinajstić information content (AvgIpc) is 2.57. The Balaban J connectivity index is 0.000000606. The number of fused-ring (bicyclic) bond motifs is 1. The van der Waals surface area contributed by atoms with Crippen molar-refractivity contribution < 1.29 is 0 Å². The summed E-state index contributed by atoms with van der Waals surface area (Å²) < 4.78 is 1.45. The lowest BCUT2D eigenvalue weighted by Crippen LogP contribution is -2.12. The highest BCUT2D eigenvalue weighted by atomic mass is 16.1. The van der Waals surface area contributed by atoms with Crippen LogP contribution in [0, 0.1) is 0 Å². The second kappa shape index (κ2) is 4.92. The Morgan fingerprint density at radius 3 is 2.56 bits per heavy atom. The lowest BCUT2D eigenvalue weighted by molar-refractivity contribution is 0.817. The first-order valence-corrected chi connectivity index (χ1v) is 5.51. The van der Waals surface area contributed by atoms with Crippen LogP contribution in [-0.4, -0.2) is 19.5 Å². The third-order valence-electron chi connectivity index (χ3n) is 2.21. The first-order chi connectivity index (χ1) is 7.59. The highest BCUT2D eigenvalue weighted by molar-refractivity contribution is 5.65. The Kier molecular flexibility index (Phi) is 3.82. The van der Waals surface area contributed by atoms with E-state index >= 15 is 0 Å². The van der Waals surface area contributed by atoms with Crippen molar-refractivity contribution in [3.05, 3.63) is 22.4 Å². The first kappa shape index (κ1) is 12.4. The fourth-order valence-corrected chi connectivity index (χ4v) is 1.29. The molecule has 16 heavy (non-hydrogen) atoms. The molecule has 2 rings (SSSR count). The number of hydrogen-bond donors (Lipinski definition) is 1. The van der Waals surface area contributed by atoms with Gasteiger partial charge in [0.25, 0.3) is 0 Å². The number of aromatic nitrogens is 4. The summed E-state index contributed by atoms with van der Waals surface area (Å²) in [5, 5.41) is 0. The molecule has 88 valence electrons. The van der Waals surface area contributed by atoms with Crippen LogP contribution in [0.25, 0.3) is 11.3 Å². The van der Waals surface area contributed by atoms with Gasteiger partial charge in [-0.15, -0.1) is 0 Å². The Hall–Kier alpha value is -1.65. The molecule has 0 atom stereocenters. The van der Waals surface area contributed by atoms with Crippen LogP contribution >= 0.6 is 0 Å². The molecule has 0 aromatic carbocycles. The van der Waals surface area contributed by atoms with Crippen molar-refractivity contribution in [3.63, 3.8) is 0 Å². The number of imidazole rings is 1. The van der Waals surface area contributed by atoms with Gasteiger partial charge in [0.2, 0.25) is 0 Å². The molecule has 2 aromatic rings. The molecule has 5 heteroatoms. The molecule has 0 fully saturated rings. The lowest BCUT2D eigenvalue weighted by atomic mass is 10.1. The van der Waals surface area contributed by atoms with Crippen LogP contribution in [0.5, 0.6) is 0 Å². The Labute approximate surface area is 94.5 Å². The molecule has 0 spiro atoms. The topological polar surface area (TPSA) is 63.6 Å². The predicted molar refractivity (Wildman–Crippen MR) is 64.6 cm³/mol. The van der Waals surface area contributed by atoms with Crippen LogP contribution in [0.15, 0.2) is 11.0 Å². The molecule has 2 heterocycles. The molecule has 0 bridgehead atoms. The molecule has 1 N–H and O–H groups in total. The largest absolute Gasteiger partial charge is 0.328 e. The maximum Gasteiger partial charge on any atom is 0.328 e. The summed E-state index contributed by atoms with van der Waals surface area (Å²) in [6.45, 7) is 8.08. The van der Waals surface area contributed by atoms with E-state index in [4.69, 9.17) is 0 Å². The van der Waals surface area contributed by atoms with Crippen molar-refractivity contribution in [1.82, 2.24) is 19.5 Å². The zero-order chi connectivity index (χ0) is 12.3. The van der Waals surface area contributed by atoms with Crippen LogP contribution in [-0.2, 0) is 7.05 Å². The minimum atomic E-state index is -0.180. The van der Waals surface area contributed by atoms with Crippen LogP contribution in [0.2, 0.25) is 0 Å². The Morgan fingerprint density at radius 1 is 1.38 bits per heavy atom. The first-order valence-electron chi connectivity index (χ1n) is 5.51. The number of nitrogens with one attached hydrogen (secondary N) is 1. The molecular formula is C11H18N4O. The molecule has 0 amide bonds.